The third kappa shape index (κ3) is 7.22. The van der Waals surface area contributed by atoms with Crippen LogP contribution in [0.5, 0.6) is 0 Å². The standard InChI is InChI=1S/C21H33N5O6S/c1-32-21(29)17(14-24-19(27)16(23)10-5-6-12-22)25-20(28)18-11-7-13-26(18)33(30,31)15-8-3-2-4-9-15/h2-4,8-9,16-18H,5-7,10-14,22-23H2,1H3,(H,24,27)(H,25,28)/t16-,17-,18+/m1/s1. The van der Waals surface area contributed by atoms with E-state index < -0.39 is 45.9 Å². The van der Waals surface area contributed by atoms with Gasteiger partial charge in [0.25, 0.3) is 0 Å². The average Bonchev–Trinajstić information content (AvgIpc) is 3.32. The molecule has 1 heterocycles. The van der Waals surface area contributed by atoms with Gasteiger partial charge in [0.2, 0.25) is 21.8 Å². The lowest BCUT2D eigenvalue weighted by Gasteiger charge is -2.25. The van der Waals surface area contributed by atoms with Crippen LogP contribution in [-0.2, 0) is 29.1 Å². The summed E-state index contributed by atoms with van der Waals surface area (Å²) in [7, 11) is -2.73. The van der Waals surface area contributed by atoms with Crippen LogP contribution in [0.25, 0.3) is 0 Å². The maximum atomic E-state index is 13.0. The van der Waals surface area contributed by atoms with E-state index in [0.29, 0.717) is 32.2 Å². The predicted molar refractivity (Wildman–Crippen MR) is 121 cm³/mol. The molecule has 1 aromatic carbocycles. The van der Waals surface area contributed by atoms with Crippen LogP contribution in [0.3, 0.4) is 0 Å². The molecule has 0 bridgehead atoms. The number of nitrogens with zero attached hydrogens (tertiary/aromatic N) is 1. The van der Waals surface area contributed by atoms with Gasteiger partial charge in [0.1, 0.15) is 12.1 Å². The van der Waals surface area contributed by atoms with E-state index in [9.17, 15) is 22.8 Å². The zero-order chi connectivity index (χ0) is 24.4. The lowest BCUT2D eigenvalue weighted by atomic mass is 10.1. The Bertz CT molecular complexity index is 911. The molecule has 2 rings (SSSR count). The van der Waals surface area contributed by atoms with Gasteiger partial charge in [-0.25, -0.2) is 13.2 Å². The number of hydrogen-bond donors (Lipinski definition) is 4. The number of sulfonamides is 1. The summed E-state index contributed by atoms with van der Waals surface area (Å²) in [5, 5.41) is 5.06. The fourth-order valence-electron chi connectivity index (χ4n) is 3.59. The molecule has 1 aliphatic rings. The molecule has 3 atom stereocenters. The van der Waals surface area contributed by atoms with Crippen LogP contribution in [0.15, 0.2) is 35.2 Å². The summed E-state index contributed by atoms with van der Waals surface area (Å²) >= 11 is 0. The molecule has 0 radical (unpaired) electrons. The quantitative estimate of drug-likeness (QED) is 0.218. The van der Waals surface area contributed by atoms with Crippen LogP contribution in [0.2, 0.25) is 0 Å². The maximum Gasteiger partial charge on any atom is 0.330 e. The summed E-state index contributed by atoms with van der Waals surface area (Å²) in [5.74, 6) is -1.87. The van der Waals surface area contributed by atoms with Crippen LogP contribution in [-0.4, -0.2) is 75.4 Å². The molecule has 12 heteroatoms. The first-order valence-corrected chi connectivity index (χ1v) is 12.3. The lowest BCUT2D eigenvalue weighted by Crippen LogP contribution is -2.55. The third-order valence-corrected chi connectivity index (χ3v) is 7.37. The minimum absolute atomic E-state index is 0.0881. The average molecular weight is 484 g/mol. The molecule has 184 valence electrons. The number of esters is 1. The smallest absolute Gasteiger partial charge is 0.330 e. The van der Waals surface area contributed by atoms with Crippen molar-refractivity contribution in [1.29, 1.82) is 0 Å². The van der Waals surface area contributed by atoms with Gasteiger partial charge in [0, 0.05) is 13.1 Å². The van der Waals surface area contributed by atoms with E-state index in [1.165, 1.54) is 12.1 Å². The second-order valence-electron chi connectivity index (χ2n) is 7.81. The van der Waals surface area contributed by atoms with Crippen molar-refractivity contribution in [3.8, 4) is 0 Å². The number of nitrogens with two attached hydrogens (primary N) is 2. The molecule has 0 aromatic heterocycles. The van der Waals surface area contributed by atoms with E-state index in [4.69, 9.17) is 16.2 Å². The van der Waals surface area contributed by atoms with Crippen molar-refractivity contribution < 1.29 is 27.5 Å². The molecular formula is C21H33N5O6S. The summed E-state index contributed by atoms with van der Waals surface area (Å²) < 4.78 is 31.9. The first-order chi connectivity index (χ1) is 15.7. The molecule has 1 saturated heterocycles. The molecule has 1 aliphatic heterocycles. The van der Waals surface area contributed by atoms with Crippen molar-refractivity contribution in [1.82, 2.24) is 14.9 Å². The number of carbonyl (C=O) groups is 3. The molecule has 33 heavy (non-hydrogen) atoms. The third-order valence-electron chi connectivity index (χ3n) is 5.44. The molecule has 1 aromatic rings. The van der Waals surface area contributed by atoms with E-state index in [1.54, 1.807) is 18.2 Å². The van der Waals surface area contributed by atoms with Gasteiger partial charge >= 0.3 is 5.97 Å². The van der Waals surface area contributed by atoms with Crippen LogP contribution >= 0.6 is 0 Å². The number of amides is 2. The van der Waals surface area contributed by atoms with Crippen molar-refractivity contribution in [2.75, 3.05) is 26.7 Å². The van der Waals surface area contributed by atoms with E-state index in [2.05, 4.69) is 10.6 Å². The number of ether oxygens (including phenoxy) is 1. The van der Waals surface area contributed by atoms with E-state index in [-0.39, 0.29) is 18.0 Å². The van der Waals surface area contributed by atoms with Gasteiger partial charge in [-0.3, -0.25) is 9.59 Å². The molecule has 0 spiro atoms. The molecule has 6 N–H and O–H groups in total. The molecule has 0 saturated carbocycles. The Hall–Kier alpha value is -2.54. The van der Waals surface area contributed by atoms with Crippen molar-refractivity contribution in [2.24, 2.45) is 11.5 Å². The van der Waals surface area contributed by atoms with Gasteiger partial charge in [0.15, 0.2) is 0 Å². The van der Waals surface area contributed by atoms with Crippen molar-refractivity contribution in [3.05, 3.63) is 30.3 Å². The molecule has 0 aliphatic carbocycles. The Morgan fingerprint density at radius 2 is 1.91 bits per heavy atom. The fourth-order valence-corrected chi connectivity index (χ4v) is 5.27. The van der Waals surface area contributed by atoms with Gasteiger partial charge in [-0.1, -0.05) is 24.6 Å². The van der Waals surface area contributed by atoms with Crippen molar-refractivity contribution in [3.63, 3.8) is 0 Å². The highest BCUT2D eigenvalue weighted by Gasteiger charge is 2.40. The zero-order valence-corrected chi connectivity index (χ0v) is 19.6. The van der Waals surface area contributed by atoms with E-state index >= 15 is 0 Å². The molecular weight excluding hydrogens is 450 g/mol. The van der Waals surface area contributed by atoms with Gasteiger partial charge in [0.05, 0.1) is 18.0 Å². The highest BCUT2D eigenvalue weighted by molar-refractivity contribution is 7.89. The summed E-state index contributed by atoms with van der Waals surface area (Å²) in [4.78, 5) is 37.4. The molecule has 0 unspecified atom stereocenters. The Morgan fingerprint density at radius 3 is 2.55 bits per heavy atom. The van der Waals surface area contributed by atoms with E-state index in [0.717, 1.165) is 17.8 Å². The Labute approximate surface area is 194 Å². The number of unbranched alkanes of at least 4 members (excludes halogenated alkanes) is 1. The Kier molecular flexibility index (Phi) is 10.2. The van der Waals surface area contributed by atoms with Crippen molar-refractivity contribution >= 4 is 27.8 Å². The topological polar surface area (TPSA) is 174 Å². The first-order valence-electron chi connectivity index (χ1n) is 10.9. The number of nitrogens with one attached hydrogen (secondary N) is 2. The fraction of sp³-hybridized carbons (Fsp3) is 0.571. The predicted octanol–water partition coefficient (Wildman–Crippen LogP) is -0.930. The van der Waals surface area contributed by atoms with Crippen LogP contribution < -0.4 is 22.1 Å². The number of benzene rings is 1. The summed E-state index contributed by atoms with van der Waals surface area (Å²) in [6, 6.07) is 4.90. The van der Waals surface area contributed by atoms with Gasteiger partial charge in [-0.2, -0.15) is 4.31 Å². The number of carbonyl (C=O) groups excluding carboxylic acids is 3. The van der Waals surface area contributed by atoms with Crippen LogP contribution in [0.4, 0.5) is 0 Å². The largest absolute Gasteiger partial charge is 0.467 e. The van der Waals surface area contributed by atoms with Crippen molar-refractivity contribution in [2.45, 2.75) is 55.1 Å². The number of hydrogen-bond acceptors (Lipinski definition) is 8. The maximum absolute atomic E-state index is 13.0. The summed E-state index contributed by atoms with van der Waals surface area (Å²) in [6.45, 7) is 0.454. The van der Waals surface area contributed by atoms with Crippen LogP contribution in [0, 0.1) is 0 Å². The SMILES string of the molecule is COC(=O)[C@@H](CNC(=O)[C@H](N)CCCCN)NC(=O)[C@@H]1CCCN1S(=O)(=O)c1ccccc1. The monoisotopic (exact) mass is 483 g/mol. The summed E-state index contributed by atoms with van der Waals surface area (Å²) in [5.41, 5.74) is 11.3. The Morgan fingerprint density at radius 1 is 1.21 bits per heavy atom. The summed E-state index contributed by atoms with van der Waals surface area (Å²) in [6.07, 6.45) is 2.68. The zero-order valence-electron chi connectivity index (χ0n) is 18.7. The number of methoxy groups -OCH3 is 1. The van der Waals surface area contributed by atoms with Crippen LogP contribution in [0.1, 0.15) is 32.1 Å². The second-order valence-corrected chi connectivity index (χ2v) is 9.70. The molecule has 2 amide bonds. The Balaban J connectivity index is 2.04. The normalized spacial score (nSPS) is 18.3. The van der Waals surface area contributed by atoms with Gasteiger partial charge < -0.3 is 26.8 Å². The number of rotatable bonds is 12. The minimum atomic E-state index is -3.88. The lowest BCUT2D eigenvalue weighted by molar-refractivity contribution is -0.145. The minimum Gasteiger partial charge on any atom is -0.467 e. The molecule has 11 nitrogen and oxygen atoms in total. The highest BCUT2D eigenvalue weighted by atomic mass is 32.2. The first kappa shape index (κ1) is 26.7. The second kappa shape index (κ2) is 12.6. The highest BCUT2D eigenvalue weighted by Crippen LogP contribution is 2.26. The van der Waals surface area contributed by atoms with Gasteiger partial charge in [-0.05, 0) is 44.4 Å². The molecule has 1 fully saturated rings. The van der Waals surface area contributed by atoms with E-state index in [1.807, 2.05) is 0 Å². The van der Waals surface area contributed by atoms with Gasteiger partial charge in [-0.15, -0.1) is 0 Å².